The van der Waals surface area contributed by atoms with Crippen molar-refractivity contribution >= 4 is 11.3 Å². The van der Waals surface area contributed by atoms with Gasteiger partial charge in [-0.05, 0) is 41.8 Å². The lowest BCUT2D eigenvalue weighted by molar-refractivity contribution is 0.504. The second-order valence-corrected chi connectivity index (χ2v) is 5.05. The molecule has 0 aromatic carbocycles. The number of hydrogen-bond donors (Lipinski definition) is 1. The molecule has 0 fully saturated rings. The van der Waals surface area contributed by atoms with E-state index in [-0.39, 0.29) is 0 Å². The van der Waals surface area contributed by atoms with Crippen molar-refractivity contribution < 1.29 is 0 Å². The minimum atomic E-state index is 0.358. The number of aryl methyl sites for hydroxylation is 1. The van der Waals surface area contributed by atoms with Crippen molar-refractivity contribution in [3.05, 3.63) is 40.6 Å². The summed E-state index contributed by atoms with van der Waals surface area (Å²) in [5, 5.41) is 7.95. The molecule has 0 radical (unpaired) electrons. The molecule has 1 unspecified atom stereocenters. The van der Waals surface area contributed by atoms with E-state index in [1.807, 2.05) is 12.5 Å². The number of thiophene rings is 1. The zero-order chi connectivity index (χ0) is 12.1. The number of nitrogens with zero attached hydrogens (tertiary/aromatic N) is 2. The van der Waals surface area contributed by atoms with Crippen molar-refractivity contribution in [1.82, 2.24) is 14.9 Å². The Morgan fingerprint density at radius 3 is 3.00 bits per heavy atom. The summed E-state index contributed by atoms with van der Waals surface area (Å²) in [4.78, 5) is 4.21. The molecule has 3 nitrogen and oxygen atoms in total. The monoisotopic (exact) mass is 249 g/mol. The van der Waals surface area contributed by atoms with E-state index in [1.165, 1.54) is 11.3 Å². The Balaban J connectivity index is 2.11. The van der Waals surface area contributed by atoms with Gasteiger partial charge in [-0.2, -0.15) is 11.3 Å². The van der Waals surface area contributed by atoms with Crippen LogP contribution in [0.4, 0.5) is 0 Å². The Morgan fingerprint density at radius 1 is 1.53 bits per heavy atom. The number of imidazole rings is 1. The summed E-state index contributed by atoms with van der Waals surface area (Å²) in [6.07, 6.45) is 6.00. The van der Waals surface area contributed by atoms with Gasteiger partial charge in [0.2, 0.25) is 0 Å². The molecule has 0 aliphatic carbocycles. The highest BCUT2D eigenvalue weighted by Gasteiger charge is 2.14. The molecule has 2 aromatic heterocycles. The van der Waals surface area contributed by atoms with Crippen LogP contribution in [0.5, 0.6) is 0 Å². The van der Waals surface area contributed by atoms with Gasteiger partial charge in [-0.25, -0.2) is 4.98 Å². The van der Waals surface area contributed by atoms with Crippen LogP contribution >= 0.6 is 11.3 Å². The Kier molecular flexibility index (Phi) is 4.34. The van der Waals surface area contributed by atoms with Gasteiger partial charge in [0.05, 0.1) is 18.1 Å². The van der Waals surface area contributed by atoms with Crippen LogP contribution in [0, 0.1) is 0 Å². The molecular weight excluding hydrogens is 230 g/mol. The maximum Gasteiger partial charge on any atom is 0.0946 e. The van der Waals surface area contributed by atoms with Gasteiger partial charge in [0.25, 0.3) is 0 Å². The lowest BCUT2D eigenvalue weighted by Gasteiger charge is -2.18. The van der Waals surface area contributed by atoms with Gasteiger partial charge >= 0.3 is 0 Å². The van der Waals surface area contributed by atoms with Gasteiger partial charge in [-0.1, -0.05) is 6.92 Å². The van der Waals surface area contributed by atoms with Crippen molar-refractivity contribution in [3.63, 3.8) is 0 Å². The minimum absolute atomic E-state index is 0.358. The third-order valence-corrected chi connectivity index (χ3v) is 3.60. The molecule has 0 spiro atoms. The van der Waals surface area contributed by atoms with E-state index in [9.17, 15) is 0 Å². The highest BCUT2D eigenvalue weighted by Crippen LogP contribution is 2.19. The molecule has 0 saturated carbocycles. The van der Waals surface area contributed by atoms with Crippen LogP contribution in [0.3, 0.4) is 0 Å². The van der Waals surface area contributed by atoms with Gasteiger partial charge < -0.3 is 9.88 Å². The van der Waals surface area contributed by atoms with Gasteiger partial charge in [0.1, 0.15) is 0 Å². The molecule has 0 aliphatic rings. The number of rotatable bonds is 6. The molecule has 2 heterocycles. The van der Waals surface area contributed by atoms with Crippen LogP contribution in [0.25, 0.3) is 0 Å². The average molecular weight is 249 g/mol. The molecule has 1 atom stereocenters. The zero-order valence-electron chi connectivity index (χ0n) is 10.4. The van der Waals surface area contributed by atoms with Crippen molar-refractivity contribution in [2.75, 3.05) is 6.54 Å². The predicted octanol–water partition coefficient (Wildman–Crippen LogP) is 2.77. The molecule has 0 amide bonds. The smallest absolute Gasteiger partial charge is 0.0946 e. The number of aromatic nitrogens is 2. The Hall–Kier alpha value is -1.13. The molecule has 2 aromatic rings. The van der Waals surface area contributed by atoms with Crippen LogP contribution in [-0.4, -0.2) is 16.1 Å². The van der Waals surface area contributed by atoms with Crippen molar-refractivity contribution in [2.45, 2.75) is 25.8 Å². The standard InChI is InChI=1S/C13H19N3S/c1-3-5-15-12(7-11-4-6-17-9-11)13-8-14-10-16(13)2/h4,6,8-10,12,15H,3,5,7H2,1-2H3. The van der Waals surface area contributed by atoms with Crippen molar-refractivity contribution in [3.8, 4) is 0 Å². The summed E-state index contributed by atoms with van der Waals surface area (Å²) in [5.41, 5.74) is 2.65. The van der Waals surface area contributed by atoms with E-state index in [0.717, 1.165) is 19.4 Å². The molecule has 1 N–H and O–H groups in total. The van der Waals surface area contributed by atoms with Gasteiger partial charge in [-0.15, -0.1) is 0 Å². The topological polar surface area (TPSA) is 29.9 Å². The first-order chi connectivity index (χ1) is 8.31. The summed E-state index contributed by atoms with van der Waals surface area (Å²) in [6, 6.07) is 2.55. The average Bonchev–Trinajstić information content (AvgIpc) is 2.95. The Bertz CT molecular complexity index is 433. The lowest BCUT2D eigenvalue weighted by Crippen LogP contribution is -2.25. The van der Waals surface area contributed by atoms with E-state index in [1.54, 1.807) is 11.3 Å². The normalized spacial score (nSPS) is 12.8. The fraction of sp³-hybridized carbons (Fsp3) is 0.462. The molecule has 2 rings (SSSR count). The van der Waals surface area contributed by atoms with E-state index in [4.69, 9.17) is 0 Å². The highest BCUT2D eigenvalue weighted by molar-refractivity contribution is 7.07. The molecule has 17 heavy (non-hydrogen) atoms. The fourth-order valence-electron chi connectivity index (χ4n) is 1.95. The van der Waals surface area contributed by atoms with Crippen molar-refractivity contribution in [1.29, 1.82) is 0 Å². The first-order valence-corrected chi connectivity index (χ1v) is 6.96. The van der Waals surface area contributed by atoms with E-state index < -0.39 is 0 Å². The second-order valence-electron chi connectivity index (χ2n) is 4.27. The summed E-state index contributed by atoms with van der Waals surface area (Å²) < 4.78 is 2.10. The summed E-state index contributed by atoms with van der Waals surface area (Å²) in [7, 11) is 2.05. The molecule has 0 aliphatic heterocycles. The first-order valence-electron chi connectivity index (χ1n) is 6.02. The van der Waals surface area contributed by atoms with E-state index in [2.05, 4.69) is 45.7 Å². The third-order valence-electron chi connectivity index (χ3n) is 2.87. The van der Waals surface area contributed by atoms with Crippen LogP contribution in [0.15, 0.2) is 29.4 Å². The first kappa shape index (κ1) is 12.3. The minimum Gasteiger partial charge on any atom is -0.336 e. The maximum absolute atomic E-state index is 4.21. The van der Waals surface area contributed by atoms with Crippen LogP contribution < -0.4 is 5.32 Å². The van der Waals surface area contributed by atoms with E-state index in [0.29, 0.717) is 6.04 Å². The maximum atomic E-state index is 4.21. The van der Waals surface area contributed by atoms with Gasteiger partial charge in [-0.3, -0.25) is 0 Å². The van der Waals surface area contributed by atoms with Crippen LogP contribution in [0.2, 0.25) is 0 Å². The Labute approximate surface area is 107 Å². The molecular formula is C13H19N3S. The summed E-state index contributed by atoms with van der Waals surface area (Å²) >= 11 is 1.76. The van der Waals surface area contributed by atoms with Crippen LogP contribution in [-0.2, 0) is 13.5 Å². The molecule has 0 bridgehead atoms. The molecule has 92 valence electrons. The van der Waals surface area contributed by atoms with Gasteiger partial charge in [0.15, 0.2) is 0 Å². The van der Waals surface area contributed by atoms with E-state index >= 15 is 0 Å². The second kappa shape index (κ2) is 5.98. The zero-order valence-corrected chi connectivity index (χ0v) is 11.2. The quantitative estimate of drug-likeness (QED) is 0.853. The SMILES string of the molecule is CCCNC(Cc1ccsc1)c1cncn1C. The molecule has 4 heteroatoms. The summed E-state index contributed by atoms with van der Waals surface area (Å²) in [6.45, 7) is 3.23. The van der Waals surface area contributed by atoms with Crippen molar-refractivity contribution in [2.24, 2.45) is 7.05 Å². The fourth-order valence-corrected chi connectivity index (χ4v) is 2.63. The Morgan fingerprint density at radius 2 is 2.41 bits per heavy atom. The highest BCUT2D eigenvalue weighted by atomic mass is 32.1. The van der Waals surface area contributed by atoms with Gasteiger partial charge in [0, 0.05) is 13.2 Å². The number of hydrogen-bond acceptors (Lipinski definition) is 3. The largest absolute Gasteiger partial charge is 0.336 e. The predicted molar refractivity (Wildman–Crippen MR) is 72.3 cm³/mol. The number of nitrogens with one attached hydrogen (secondary N) is 1. The molecule has 0 saturated heterocycles. The van der Waals surface area contributed by atoms with Crippen LogP contribution in [0.1, 0.15) is 30.6 Å². The lowest BCUT2D eigenvalue weighted by atomic mass is 10.1. The summed E-state index contributed by atoms with van der Waals surface area (Å²) in [5.74, 6) is 0. The third kappa shape index (κ3) is 3.17.